The predicted octanol–water partition coefficient (Wildman–Crippen LogP) is 4.82. The van der Waals surface area contributed by atoms with Gasteiger partial charge in [0.15, 0.2) is 0 Å². The molecule has 3 saturated carbocycles. The van der Waals surface area contributed by atoms with Crippen LogP contribution in [0, 0.1) is 17.8 Å². The standard InChI is InChI=1S/C20H24Cl2N2O/c21-20(22)12-19(20,14-8-4-3-5-9-14)13-23-24-18(25)17-15-10-6-1-2-7-11-16(15)17/h3-5,8-9,13,15-17H,1-2,6-7,10-12H2,(H,24,25)/b23-13-/t15-,16-,19-/m0/s1. The minimum absolute atomic E-state index is 0.0618. The van der Waals surface area contributed by atoms with E-state index in [0.717, 1.165) is 5.56 Å². The lowest BCUT2D eigenvalue weighted by Gasteiger charge is -2.13. The molecule has 1 aromatic rings. The Morgan fingerprint density at radius 3 is 2.24 bits per heavy atom. The topological polar surface area (TPSA) is 41.5 Å². The molecule has 0 spiro atoms. The van der Waals surface area contributed by atoms with Crippen LogP contribution in [-0.4, -0.2) is 16.5 Å². The molecule has 0 saturated heterocycles. The third-order valence-electron chi connectivity index (χ3n) is 6.24. The van der Waals surface area contributed by atoms with Crippen LogP contribution >= 0.6 is 23.2 Å². The molecule has 4 rings (SSSR count). The van der Waals surface area contributed by atoms with Gasteiger partial charge in [-0.25, -0.2) is 5.43 Å². The molecule has 134 valence electrons. The number of hydrazone groups is 1. The van der Waals surface area contributed by atoms with Gasteiger partial charge in [-0.3, -0.25) is 4.79 Å². The first-order chi connectivity index (χ1) is 12.1. The zero-order valence-electron chi connectivity index (χ0n) is 14.3. The molecule has 0 radical (unpaired) electrons. The van der Waals surface area contributed by atoms with Gasteiger partial charge in [-0.15, -0.1) is 23.2 Å². The highest BCUT2D eigenvalue weighted by Gasteiger charge is 2.66. The van der Waals surface area contributed by atoms with Crippen molar-refractivity contribution >= 4 is 35.3 Å². The van der Waals surface area contributed by atoms with E-state index in [9.17, 15) is 4.79 Å². The van der Waals surface area contributed by atoms with E-state index < -0.39 is 9.75 Å². The molecule has 3 nitrogen and oxygen atoms in total. The summed E-state index contributed by atoms with van der Waals surface area (Å²) in [4.78, 5) is 12.5. The van der Waals surface area contributed by atoms with E-state index in [1.807, 2.05) is 30.3 Å². The summed E-state index contributed by atoms with van der Waals surface area (Å²) < 4.78 is -0.855. The SMILES string of the molecule is O=C(N/N=C\[C@]1(c2ccccc2)CC1(Cl)Cl)C1[C@H]2CCCCCC[C@H]12. The lowest BCUT2D eigenvalue weighted by molar-refractivity contribution is -0.122. The van der Waals surface area contributed by atoms with Crippen LogP contribution in [-0.2, 0) is 10.2 Å². The Morgan fingerprint density at radius 2 is 1.68 bits per heavy atom. The van der Waals surface area contributed by atoms with Crippen molar-refractivity contribution in [2.24, 2.45) is 22.9 Å². The van der Waals surface area contributed by atoms with Crippen molar-refractivity contribution in [2.75, 3.05) is 0 Å². The van der Waals surface area contributed by atoms with E-state index in [0.29, 0.717) is 18.3 Å². The lowest BCUT2D eigenvalue weighted by Crippen LogP contribution is -2.24. The molecule has 0 heterocycles. The van der Waals surface area contributed by atoms with Crippen LogP contribution in [0.5, 0.6) is 0 Å². The monoisotopic (exact) mass is 378 g/mol. The van der Waals surface area contributed by atoms with Crippen molar-refractivity contribution in [1.29, 1.82) is 0 Å². The summed E-state index contributed by atoms with van der Waals surface area (Å²) in [6, 6.07) is 9.90. The summed E-state index contributed by atoms with van der Waals surface area (Å²) in [6.45, 7) is 0. The maximum absolute atomic E-state index is 12.5. The number of hydrogen-bond acceptors (Lipinski definition) is 2. The maximum Gasteiger partial charge on any atom is 0.243 e. The number of amides is 1. The number of fused-ring (bicyclic) bond motifs is 1. The van der Waals surface area contributed by atoms with Gasteiger partial charge >= 0.3 is 0 Å². The maximum atomic E-state index is 12.5. The number of alkyl halides is 2. The van der Waals surface area contributed by atoms with Gasteiger partial charge in [-0.2, -0.15) is 5.10 Å². The van der Waals surface area contributed by atoms with Crippen LogP contribution in [0.25, 0.3) is 0 Å². The molecule has 0 bridgehead atoms. The van der Waals surface area contributed by atoms with Gasteiger partial charge in [0, 0.05) is 12.1 Å². The summed E-state index contributed by atoms with van der Waals surface area (Å²) in [5, 5.41) is 4.25. The first-order valence-electron chi connectivity index (χ1n) is 9.33. The number of hydrogen-bond donors (Lipinski definition) is 1. The Hall–Kier alpha value is -1.06. The number of nitrogens with zero attached hydrogens (tertiary/aromatic N) is 1. The van der Waals surface area contributed by atoms with Crippen molar-refractivity contribution < 1.29 is 4.79 Å². The van der Waals surface area contributed by atoms with Crippen LogP contribution in [0.15, 0.2) is 35.4 Å². The quantitative estimate of drug-likeness (QED) is 0.455. The summed E-state index contributed by atoms with van der Waals surface area (Å²) in [6.07, 6.45) is 9.84. The molecule has 1 amide bonds. The molecule has 0 unspecified atom stereocenters. The zero-order chi connectivity index (χ0) is 17.5. The first kappa shape index (κ1) is 17.4. The fourth-order valence-corrected chi connectivity index (χ4v) is 5.32. The second-order valence-electron chi connectivity index (χ2n) is 7.80. The third-order valence-corrected chi connectivity index (χ3v) is 7.18. The van der Waals surface area contributed by atoms with Crippen LogP contribution < -0.4 is 5.43 Å². The van der Waals surface area contributed by atoms with Gasteiger partial charge in [-0.1, -0.05) is 56.0 Å². The van der Waals surface area contributed by atoms with Crippen molar-refractivity contribution in [3.05, 3.63) is 35.9 Å². The third kappa shape index (κ3) is 3.21. The molecule has 0 aromatic heterocycles. The van der Waals surface area contributed by atoms with Gasteiger partial charge in [0.1, 0.15) is 4.33 Å². The molecule has 0 aliphatic heterocycles. The van der Waals surface area contributed by atoms with Crippen molar-refractivity contribution in [3.63, 3.8) is 0 Å². The van der Waals surface area contributed by atoms with E-state index in [-0.39, 0.29) is 11.8 Å². The van der Waals surface area contributed by atoms with Gasteiger partial charge < -0.3 is 0 Å². The Morgan fingerprint density at radius 1 is 1.08 bits per heavy atom. The molecule has 3 fully saturated rings. The van der Waals surface area contributed by atoms with Gasteiger partial charge in [0.2, 0.25) is 5.91 Å². The molecular weight excluding hydrogens is 355 g/mol. The first-order valence-corrected chi connectivity index (χ1v) is 10.1. The highest BCUT2D eigenvalue weighted by atomic mass is 35.5. The Labute approximate surface area is 159 Å². The van der Waals surface area contributed by atoms with E-state index in [1.54, 1.807) is 6.21 Å². The minimum Gasteiger partial charge on any atom is -0.273 e. The van der Waals surface area contributed by atoms with Crippen LogP contribution in [0.4, 0.5) is 0 Å². The number of carbonyl (C=O) groups is 1. The average molecular weight is 379 g/mol. The van der Waals surface area contributed by atoms with Crippen LogP contribution in [0.1, 0.15) is 50.5 Å². The Kier molecular flexibility index (Phi) is 4.57. The van der Waals surface area contributed by atoms with Gasteiger partial charge in [0.25, 0.3) is 0 Å². The molecule has 3 atom stereocenters. The molecule has 1 N–H and O–H groups in total. The van der Waals surface area contributed by atoms with Crippen LogP contribution in [0.3, 0.4) is 0 Å². The second kappa shape index (κ2) is 6.59. The van der Waals surface area contributed by atoms with Crippen molar-refractivity contribution in [3.8, 4) is 0 Å². The smallest absolute Gasteiger partial charge is 0.243 e. The fraction of sp³-hybridized carbons (Fsp3) is 0.600. The van der Waals surface area contributed by atoms with E-state index in [4.69, 9.17) is 23.2 Å². The van der Waals surface area contributed by atoms with E-state index in [1.165, 1.54) is 38.5 Å². The zero-order valence-corrected chi connectivity index (χ0v) is 15.8. The Bertz CT molecular complexity index is 662. The Balaban J connectivity index is 1.40. The number of rotatable bonds is 4. The summed E-state index contributed by atoms with van der Waals surface area (Å²) in [5.41, 5.74) is 3.29. The summed E-state index contributed by atoms with van der Waals surface area (Å²) in [5.74, 6) is 1.35. The number of benzene rings is 1. The predicted molar refractivity (Wildman–Crippen MR) is 102 cm³/mol. The number of halogens is 2. The number of carbonyl (C=O) groups excluding carboxylic acids is 1. The lowest BCUT2D eigenvalue weighted by atomic mass is 9.97. The second-order valence-corrected chi connectivity index (χ2v) is 9.28. The molecule has 25 heavy (non-hydrogen) atoms. The largest absolute Gasteiger partial charge is 0.273 e. The summed E-state index contributed by atoms with van der Waals surface area (Å²) in [7, 11) is 0. The highest BCUT2D eigenvalue weighted by molar-refractivity contribution is 6.53. The molecule has 1 aromatic carbocycles. The average Bonchev–Trinajstić information content (AvgIpc) is 3.41. The molecular formula is C20H24Cl2N2O. The molecule has 5 heteroatoms. The normalized spacial score (nSPS) is 36.2. The summed E-state index contributed by atoms with van der Waals surface area (Å²) >= 11 is 12.8. The molecule has 3 aliphatic carbocycles. The van der Waals surface area contributed by atoms with Gasteiger partial charge in [0.05, 0.1) is 5.41 Å². The van der Waals surface area contributed by atoms with E-state index >= 15 is 0 Å². The van der Waals surface area contributed by atoms with E-state index in [2.05, 4.69) is 10.5 Å². The van der Waals surface area contributed by atoms with Gasteiger partial charge in [-0.05, 0) is 36.7 Å². The van der Waals surface area contributed by atoms with Crippen LogP contribution in [0.2, 0.25) is 0 Å². The number of nitrogens with one attached hydrogen (secondary N) is 1. The minimum atomic E-state index is -0.855. The highest BCUT2D eigenvalue weighted by Crippen LogP contribution is 2.63. The fourth-order valence-electron chi connectivity index (χ4n) is 4.58. The van der Waals surface area contributed by atoms with Crippen molar-refractivity contribution in [2.45, 2.75) is 54.7 Å². The molecule has 3 aliphatic rings. The van der Waals surface area contributed by atoms with Crippen molar-refractivity contribution in [1.82, 2.24) is 5.43 Å².